The summed E-state index contributed by atoms with van der Waals surface area (Å²) in [6.45, 7) is 6.91. The number of carbonyl (C=O) groups is 2. The van der Waals surface area contributed by atoms with E-state index in [1.807, 2.05) is 0 Å². The van der Waals surface area contributed by atoms with Gasteiger partial charge in [-0.1, -0.05) is 26.8 Å². The summed E-state index contributed by atoms with van der Waals surface area (Å²) in [5, 5.41) is 11.3. The average Bonchev–Trinajstić information content (AvgIpc) is 2.42. The Morgan fingerprint density at radius 1 is 1.35 bits per heavy atom. The van der Waals surface area contributed by atoms with Crippen LogP contribution in [0.2, 0.25) is 0 Å². The molecule has 0 bridgehead atoms. The van der Waals surface area contributed by atoms with Crippen LogP contribution in [0.1, 0.15) is 36.8 Å². The minimum atomic E-state index is -1.02. The maximum Gasteiger partial charge on any atom is 0.328 e. The fraction of sp³-hybridized carbons (Fsp3) is 0.400. The summed E-state index contributed by atoms with van der Waals surface area (Å²) in [4.78, 5) is 26.3. The van der Waals surface area contributed by atoms with E-state index in [0.717, 1.165) is 6.08 Å². The molecule has 20 heavy (non-hydrogen) atoms. The van der Waals surface area contributed by atoms with E-state index in [1.165, 1.54) is 12.3 Å². The van der Waals surface area contributed by atoms with E-state index in [9.17, 15) is 9.59 Å². The number of pyridine rings is 1. The first-order valence-corrected chi connectivity index (χ1v) is 6.55. The zero-order valence-electron chi connectivity index (χ0n) is 12.0. The minimum Gasteiger partial charge on any atom is -0.478 e. The van der Waals surface area contributed by atoms with Crippen molar-refractivity contribution in [3.8, 4) is 0 Å². The van der Waals surface area contributed by atoms with Crippen LogP contribution in [0.4, 0.5) is 0 Å². The van der Waals surface area contributed by atoms with Crippen molar-refractivity contribution in [2.45, 2.75) is 20.8 Å². The third-order valence-corrected chi connectivity index (χ3v) is 3.16. The van der Waals surface area contributed by atoms with Gasteiger partial charge in [0.25, 0.3) is 5.91 Å². The van der Waals surface area contributed by atoms with E-state index in [2.05, 4.69) is 31.1 Å². The van der Waals surface area contributed by atoms with Crippen LogP contribution in [0.15, 0.2) is 24.4 Å². The average molecular weight is 276 g/mol. The van der Waals surface area contributed by atoms with E-state index in [1.54, 1.807) is 12.1 Å². The first kappa shape index (κ1) is 15.9. The quantitative estimate of drug-likeness (QED) is 0.781. The molecule has 1 heterocycles. The summed E-state index contributed by atoms with van der Waals surface area (Å²) >= 11 is 0. The van der Waals surface area contributed by atoms with Gasteiger partial charge >= 0.3 is 5.97 Å². The van der Waals surface area contributed by atoms with Crippen LogP contribution in [-0.4, -0.2) is 28.5 Å². The van der Waals surface area contributed by atoms with Crippen LogP contribution < -0.4 is 5.32 Å². The zero-order valence-corrected chi connectivity index (χ0v) is 12.0. The van der Waals surface area contributed by atoms with Crippen LogP contribution >= 0.6 is 0 Å². The minimum absolute atomic E-state index is 0.216. The highest BCUT2D eigenvalue weighted by Crippen LogP contribution is 2.08. The number of nitrogens with zero attached hydrogens (tertiary/aromatic N) is 1. The molecule has 5 heteroatoms. The van der Waals surface area contributed by atoms with Gasteiger partial charge in [0.15, 0.2) is 0 Å². The number of amides is 1. The summed E-state index contributed by atoms with van der Waals surface area (Å²) in [6, 6.07) is 3.24. The number of nitrogens with one attached hydrogen (secondary N) is 1. The van der Waals surface area contributed by atoms with Gasteiger partial charge in [0.05, 0.1) is 0 Å². The molecule has 5 nitrogen and oxygen atoms in total. The topological polar surface area (TPSA) is 79.3 Å². The second kappa shape index (κ2) is 7.43. The van der Waals surface area contributed by atoms with Crippen molar-refractivity contribution in [2.75, 3.05) is 6.54 Å². The molecule has 0 aliphatic rings. The summed E-state index contributed by atoms with van der Waals surface area (Å²) in [5.41, 5.74) is 0.966. The molecule has 1 amide bonds. The van der Waals surface area contributed by atoms with Gasteiger partial charge < -0.3 is 10.4 Å². The largest absolute Gasteiger partial charge is 0.478 e. The standard InChI is InChI=1S/C15H20N2O3/c1-10(2)11(3)8-17-15(20)13-6-4-12(9-16-13)5-7-14(18)19/h4-7,9-11H,8H2,1-3H3,(H,17,20)(H,18,19). The summed E-state index contributed by atoms with van der Waals surface area (Å²) < 4.78 is 0. The van der Waals surface area contributed by atoms with Gasteiger partial charge in [0.2, 0.25) is 0 Å². The zero-order chi connectivity index (χ0) is 15.1. The molecule has 0 fully saturated rings. The molecule has 0 aliphatic carbocycles. The van der Waals surface area contributed by atoms with Crippen molar-refractivity contribution in [1.29, 1.82) is 0 Å². The van der Waals surface area contributed by atoms with Crippen molar-refractivity contribution >= 4 is 18.0 Å². The van der Waals surface area contributed by atoms with Crippen molar-refractivity contribution in [2.24, 2.45) is 11.8 Å². The first-order chi connectivity index (χ1) is 9.40. The SMILES string of the molecule is CC(C)C(C)CNC(=O)c1ccc(C=CC(=O)O)cn1. The Labute approximate surface area is 118 Å². The van der Waals surface area contributed by atoms with Crippen LogP contribution in [0.5, 0.6) is 0 Å². The van der Waals surface area contributed by atoms with Gasteiger partial charge in [-0.15, -0.1) is 0 Å². The van der Waals surface area contributed by atoms with Gasteiger partial charge in [-0.2, -0.15) is 0 Å². The highest BCUT2D eigenvalue weighted by molar-refractivity contribution is 5.92. The summed E-state index contributed by atoms with van der Waals surface area (Å²) in [6.07, 6.45) is 3.93. The van der Waals surface area contributed by atoms with Crippen molar-refractivity contribution in [3.63, 3.8) is 0 Å². The maximum atomic E-state index is 11.9. The molecule has 2 N–H and O–H groups in total. The molecule has 1 aromatic heterocycles. The van der Waals surface area contributed by atoms with Gasteiger partial charge in [0.1, 0.15) is 5.69 Å². The highest BCUT2D eigenvalue weighted by atomic mass is 16.4. The van der Waals surface area contributed by atoms with Crippen LogP contribution in [0.25, 0.3) is 6.08 Å². The Hall–Kier alpha value is -2.17. The molecule has 1 unspecified atom stereocenters. The van der Waals surface area contributed by atoms with E-state index in [-0.39, 0.29) is 5.91 Å². The summed E-state index contributed by atoms with van der Waals surface area (Å²) in [7, 11) is 0. The molecule has 0 saturated carbocycles. The number of hydrogen-bond donors (Lipinski definition) is 2. The van der Waals surface area contributed by atoms with Crippen LogP contribution in [0.3, 0.4) is 0 Å². The number of carbonyl (C=O) groups excluding carboxylic acids is 1. The highest BCUT2D eigenvalue weighted by Gasteiger charge is 2.11. The predicted octanol–water partition coefficient (Wildman–Crippen LogP) is 2.20. The second-order valence-electron chi connectivity index (χ2n) is 5.08. The van der Waals surface area contributed by atoms with E-state index in [0.29, 0.717) is 29.6 Å². The monoisotopic (exact) mass is 276 g/mol. The molecule has 0 spiro atoms. The fourth-order valence-electron chi connectivity index (χ4n) is 1.39. The Balaban J connectivity index is 2.59. The molecule has 0 aliphatic heterocycles. The van der Waals surface area contributed by atoms with Gasteiger partial charge in [-0.25, -0.2) is 4.79 Å². The van der Waals surface area contributed by atoms with Gasteiger partial charge in [-0.05, 0) is 29.5 Å². The lowest BCUT2D eigenvalue weighted by atomic mass is 9.98. The summed E-state index contributed by atoms with van der Waals surface area (Å²) in [5.74, 6) is -0.329. The van der Waals surface area contributed by atoms with Crippen molar-refractivity contribution in [1.82, 2.24) is 10.3 Å². The van der Waals surface area contributed by atoms with E-state index >= 15 is 0 Å². The van der Waals surface area contributed by atoms with Gasteiger partial charge in [-0.3, -0.25) is 9.78 Å². The normalized spacial score (nSPS) is 12.6. The number of carboxylic acids is 1. The van der Waals surface area contributed by atoms with Crippen LogP contribution in [-0.2, 0) is 4.79 Å². The third kappa shape index (κ3) is 5.22. The van der Waals surface area contributed by atoms with Crippen molar-refractivity contribution < 1.29 is 14.7 Å². The lowest BCUT2D eigenvalue weighted by Crippen LogP contribution is -2.30. The second-order valence-corrected chi connectivity index (χ2v) is 5.08. The van der Waals surface area contributed by atoms with E-state index in [4.69, 9.17) is 5.11 Å². The molecule has 0 radical (unpaired) electrons. The van der Waals surface area contributed by atoms with Crippen molar-refractivity contribution in [3.05, 3.63) is 35.7 Å². The van der Waals surface area contributed by atoms with E-state index < -0.39 is 5.97 Å². The predicted molar refractivity (Wildman–Crippen MR) is 77.2 cm³/mol. The Bertz CT molecular complexity index is 492. The van der Waals surface area contributed by atoms with Gasteiger partial charge in [0, 0.05) is 18.8 Å². The van der Waals surface area contributed by atoms with Crippen LogP contribution in [0, 0.1) is 11.8 Å². The lowest BCUT2D eigenvalue weighted by Gasteiger charge is -2.15. The third-order valence-electron chi connectivity index (χ3n) is 3.16. The fourth-order valence-corrected chi connectivity index (χ4v) is 1.39. The molecule has 1 aromatic rings. The Kier molecular flexibility index (Phi) is 5.90. The Morgan fingerprint density at radius 3 is 2.55 bits per heavy atom. The molecule has 1 atom stereocenters. The smallest absolute Gasteiger partial charge is 0.328 e. The number of hydrogen-bond acceptors (Lipinski definition) is 3. The molecule has 0 aromatic carbocycles. The molecule has 108 valence electrons. The maximum absolute atomic E-state index is 11.9. The lowest BCUT2D eigenvalue weighted by molar-refractivity contribution is -0.131. The Morgan fingerprint density at radius 2 is 2.05 bits per heavy atom. The molecular weight excluding hydrogens is 256 g/mol. The molecular formula is C15H20N2O3. The molecule has 0 saturated heterocycles. The molecule has 1 rings (SSSR count). The number of aliphatic carboxylic acids is 1. The number of aromatic nitrogens is 1. The number of rotatable bonds is 6. The number of carboxylic acid groups (broad SMARTS) is 1. The first-order valence-electron chi connectivity index (χ1n) is 6.55.